The summed E-state index contributed by atoms with van der Waals surface area (Å²) in [6, 6.07) is 25.2. The van der Waals surface area contributed by atoms with Crippen LogP contribution in [0, 0.1) is 0 Å². The molecule has 1 N–H and O–H groups in total. The monoisotopic (exact) mass is 436 g/mol. The Kier molecular flexibility index (Phi) is 5.15. The number of phenols is 1. The molecule has 162 valence electrons. The molecule has 0 heterocycles. The number of para-hydroxylation sites is 1. The van der Waals surface area contributed by atoms with Crippen LogP contribution in [0.4, 0.5) is 0 Å². The molecule has 0 atom stereocenters. The van der Waals surface area contributed by atoms with E-state index < -0.39 is 5.78 Å². The minimum absolute atomic E-state index is 0.0196. The number of aromatic hydroxyl groups is 1. The molecule has 0 saturated heterocycles. The van der Waals surface area contributed by atoms with Crippen molar-refractivity contribution in [3.8, 4) is 23.0 Å². The Hall–Kier alpha value is -4.38. The summed E-state index contributed by atoms with van der Waals surface area (Å²) in [7, 11) is 1.45. The average Bonchev–Trinajstić information content (AvgIpc) is 2.84. The summed E-state index contributed by atoms with van der Waals surface area (Å²) in [6.45, 7) is 0. The van der Waals surface area contributed by atoms with Crippen molar-refractivity contribution in [2.24, 2.45) is 0 Å². The molecule has 0 spiro atoms. The number of hydrogen-bond donors (Lipinski definition) is 1. The number of carbonyl (C=O) groups is 2. The van der Waals surface area contributed by atoms with Crippen molar-refractivity contribution in [1.82, 2.24) is 0 Å². The van der Waals surface area contributed by atoms with Crippen LogP contribution in [0.3, 0.4) is 0 Å². The van der Waals surface area contributed by atoms with Crippen molar-refractivity contribution in [2.45, 2.75) is 6.42 Å². The molecule has 0 amide bonds. The van der Waals surface area contributed by atoms with Gasteiger partial charge in [0.05, 0.1) is 18.2 Å². The topological polar surface area (TPSA) is 72.8 Å². The fourth-order valence-corrected chi connectivity index (χ4v) is 4.15. The van der Waals surface area contributed by atoms with E-state index in [-0.39, 0.29) is 33.8 Å². The quantitative estimate of drug-likeness (QED) is 0.391. The lowest BCUT2D eigenvalue weighted by atomic mass is 9.81. The van der Waals surface area contributed by atoms with Crippen molar-refractivity contribution in [1.29, 1.82) is 0 Å². The first-order valence-electron chi connectivity index (χ1n) is 10.5. The summed E-state index contributed by atoms with van der Waals surface area (Å²) >= 11 is 0. The van der Waals surface area contributed by atoms with Crippen molar-refractivity contribution >= 4 is 11.6 Å². The van der Waals surface area contributed by atoms with E-state index in [0.29, 0.717) is 23.5 Å². The van der Waals surface area contributed by atoms with Crippen molar-refractivity contribution < 1.29 is 24.2 Å². The summed E-state index contributed by atoms with van der Waals surface area (Å²) in [5, 5.41) is 11.0. The summed E-state index contributed by atoms with van der Waals surface area (Å²) in [6.07, 6.45) is 0.366. The molecule has 4 aromatic carbocycles. The second-order valence-electron chi connectivity index (χ2n) is 7.78. The Labute approximate surface area is 190 Å². The van der Waals surface area contributed by atoms with Gasteiger partial charge in [-0.05, 0) is 47.5 Å². The first-order valence-corrected chi connectivity index (χ1v) is 10.5. The third kappa shape index (κ3) is 3.64. The third-order valence-corrected chi connectivity index (χ3v) is 5.72. The van der Waals surface area contributed by atoms with Gasteiger partial charge >= 0.3 is 0 Å². The number of fused-ring (bicyclic) bond motifs is 2. The minimum atomic E-state index is -0.419. The van der Waals surface area contributed by atoms with Gasteiger partial charge in [0, 0.05) is 17.5 Å². The average molecular weight is 436 g/mol. The van der Waals surface area contributed by atoms with Crippen molar-refractivity contribution in [3.63, 3.8) is 0 Å². The number of carbonyl (C=O) groups excluding carboxylic acids is 2. The van der Waals surface area contributed by atoms with E-state index >= 15 is 0 Å². The number of methoxy groups -OCH3 is 1. The van der Waals surface area contributed by atoms with E-state index in [9.17, 15) is 14.7 Å². The molecule has 1 aliphatic rings. The number of hydrogen-bond acceptors (Lipinski definition) is 5. The predicted octanol–water partition coefficient (Wildman–Crippen LogP) is 5.56. The molecule has 33 heavy (non-hydrogen) atoms. The number of phenolic OH excluding ortho intramolecular Hbond substituents is 1. The highest BCUT2D eigenvalue weighted by molar-refractivity contribution is 6.30. The zero-order valence-electron chi connectivity index (χ0n) is 17.9. The standard InChI is InChI=1S/C28H20O5/c1-32-23-12-6-11-21-24(23)28(31)25-22(27(21)30)14-13-18(26(25)29)15-17-7-5-10-20(16-17)33-19-8-3-2-4-9-19/h2-14,16,29H,15H2,1H3. The molecule has 0 bridgehead atoms. The van der Waals surface area contributed by atoms with E-state index in [4.69, 9.17) is 9.47 Å². The molecule has 0 fully saturated rings. The van der Waals surface area contributed by atoms with Gasteiger partial charge in [0.15, 0.2) is 5.78 Å². The number of ether oxygens (including phenoxy) is 2. The second kappa shape index (κ2) is 8.28. The van der Waals surface area contributed by atoms with E-state index in [1.165, 1.54) is 7.11 Å². The zero-order valence-corrected chi connectivity index (χ0v) is 17.9. The first-order chi connectivity index (χ1) is 16.1. The molecule has 1 aliphatic carbocycles. The van der Waals surface area contributed by atoms with Gasteiger partial charge in [0.1, 0.15) is 23.0 Å². The SMILES string of the molecule is COc1cccc2c1C(=O)c1c(ccc(Cc3cccc(Oc4ccccc4)c3)c1O)C2=O. The molecule has 5 rings (SSSR count). The summed E-state index contributed by atoms with van der Waals surface area (Å²) < 4.78 is 11.2. The van der Waals surface area contributed by atoms with Gasteiger partial charge in [0.2, 0.25) is 5.78 Å². The van der Waals surface area contributed by atoms with Crippen LogP contribution >= 0.6 is 0 Å². The zero-order chi connectivity index (χ0) is 22.9. The minimum Gasteiger partial charge on any atom is -0.507 e. The van der Waals surface area contributed by atoms with Crippen molar-refractivity contribution in [2.75, 3.05) is 7.11 Å². The van der Waals surface area contributed by atoms with E-state index in [2.05, 4.69) is 0 Å². The smallest absolute Gasteiger partial charge is 0.201 e. The highest BCUT2D eigenvalue weighted by Gasteiger charge is 2.35. The largest absolute Gasteiger partial charge is 0.507 e. The Morgan fingerprint density at radius 2 is 1.45 bits per heavy atom. The van der Waals surface area contributed by atoms with Gasteiger partial charge in [-0.15, -0.1) is 0 Å². The number of benzene rings is 4. The highest BCUT2D eigenvalue weighted by Crippen LogP contribution is 2.39. The van der Waals surface area contributed by atoms with Crippen LogP contribution in [0.15, 0.2) is 84.9 Å². The Balaban J connectivity index is 1.49. The lowest BCUT2D eigenvalue weighted by Crippen LogP contribution is -2.22. The fraction of sp³-hybridized carbons (Fsp3) is 0.0714. The van der Waals surface area contributed by atoms with Crippen LogP contribution in [0.1, 0.15) is 43.0 Å². The van der Waals surface area contributed by atoms with Crippen LogP contribution in [-0.2, 0) is 6.42 Å². The van der Waals surface area contributed by atoms with E-state index in [1.54, 1.807) is 30.3 Å². The van der Waals surface area contributed by atoms with Gasteiger partial charge in [-0.25, -0.2) is 0 Å². The van der Waals surface area contributed by atoms with E-state index in [1.807, 2.05) is 54.6 Å². The Bertz CT molecular complexity index is 1390. The first kappa shape index (κ1) is 20.5. The fourth-order valence-electron chi connectivity index (χ4n) is 4.15. The lowest BCUT2D eigenvalue weighted by molar-refractivity contribution is 0.0974. The summed E-state index contributed by atoms with van der Waals surface area (Å²) in [5.41, 5.74) is 2.12. The van der Waals surface area contributed by atoms with Gasteiger partial charge in [-0.3, -0.25) is 9.59 Å². The molecule has 4 aromatic rings. The maximum Gasteiger partial charge on any atom is 0.201 e. The second-order valence-corrected chi connectivity index (χ2v) is 7.78. The van der Waals surface area contributed by atoms with Crippen LogP contribution < -0.4 is 9.47 Å². The Morgan fingerprint density at radius 1 is 0.727 bits per heavy atom. The Morgan fingerprint density at radius 3 is 2.24 bits per heavy atom. The molecule has 5 heteroatoms. The summed E-state index contributed by atoms with van der Waals surface area (Å²) in [5.74, 6) is 0.795. The molecular weight excluding hydrogens is 416 g/mol. The van der Waals surface area contributed by atoms with Gasteiger partial charge < -0.3 is 14.6 Å². The molecule has 0 aliphatic heterocycles. The normalized spacial score (nSPS) is 12.2. The summed E-state index contributed by atoms with van der Waals surface area (Å²) in [4.78, 5) is 26.3. The van der Waals surface area contributed by atoms with Crippen molar-refractivity contribution in [3.05, 3.63) is 118 Å². The molecule has 0 radical (unpaired) electrons. The van der Waals surface area contributed by atoms with Crippen LogP contribution in [0.5, 0.6) is 23.0 Å². The maximum atomic E-state index is 13.3. The lowest BCUT2D eigenvalue weighted by Gasteiger charge is -2.21. The molecular formula is C28H20O5. The number of rotatable bonds is 5. The molecule has 0 saturated carbocycles. The highest BCUT2D eigenvalue weighted by atomic mass is 16.5. The van der Waals surface area contributed by atoms with Gasteiger partial charge in [-0.2, -0.15) is 0 Å². The number of ketones is 2. The maximum absolute atomic E-state index is 13.3. The van der Waals surface area contributed by atoms with Crippen LogP contribution in [0.2, 0.25) is 0 Å². The molecule has 5 nitrogen and oxygen atoms in total. The third-order valence-electron chi connectivity index (χ3n) is 5.72. The van der Waals surface area contributed by atoms with Gasteiger partial charge in [-0.1, -0.05) is 48.5 Å². The predicted molar refractivity (Wildman–Crippen MR) is 124 cm³/mol. The molecule has 0 aromatic heterocycles. The van der Waals surface area contributed by atoms with Crippen LogP contribution in [-0.4, -0.2) is 23.8 Å². The molecule has 0 unspecified atom stereocenters. The van der Waals surface area contributed by atoms with Crippen LogP contribution in [0.25, 0.3) is 0 Å². The van der Waals surface area contributed by atoms with Gasteiger partial charge in [0.25, 0.3) is 0 Å². The van der Waals surface area contributed by atoms with E-state index in [0.717, 1.165) is 11.3 Å².